The Labute approximate surface area is 146 Å². The monoisotopic (exact) mass is 342 g/mol. The lowest BCUT2D eigenvalue weighted by molar-refractivity contribution is 0.412. The molecule has 0 spiro atoms. The molecule has 126 valence electrons. The molecule has 0 atom stereocenters. The summed E-state index contributed by atoms with van der Waals surface area (Å²) in [5.41, 5.74) is 1.55. The van der Waals surface area contributed by atoms with Crippen LogP contribution in [0.5, 0.6) is 0 Å². The molecular formula is C17H22N6S. The Morgan fingerprint density at radius 3 is 2.75 bits per heavy atom. The first-order valence-electron chi connectivity index (χ1n) is 8.31. The SMILES string of the molecule is Cc1ccnc(Sc2nnc(C3CCNCC3)n2C(C)C)c1C#N. The fourth-order valence-electron chi connectivity index (χ4n) is 3.04. The van der Waals surface area contributed by atoms with Gasteiger partial charge in [0.15, 0.2) is 5.16 Å². The summed E-state index contributed by atoms with van der Waals surface area (Å²) in [5.74, 6) is 1.50. The number of nitrogens with one attached hydrogen (secondary N) is 1. The zero-order chi connectivity index (χ0) is 17.1. The molecule has 1 aliphatic rings. The summed E-state index contributed by atoms with van der Waals surface area (Å²) in [6.07, 6.45) is 3.91. The molecule has 3 rings (SSSR count). The number of aromatic nitrogens is 4. The van der Waals surface area contributed by atoms with Gasteiger partial charge in [0.2, 0.25) is 0 Å². The Morgan fingerprint density at radius 1 is 1.33 bits per heavy atom. The first-order valence-corrected chi connectivity index (χ1v) is 9.12. The lowest BCUT2D eigenvalue weighted by Gasteiger charge is -2.24. The molecule has 1 saturated heterocycles. The van der Waals surface area contributed by atoms with Crippen LogP contribution in [0.4, 0.5) is 0 Å². The molecule has 0 bridgehead atoms. The van der Waals surface area contributed by atoms with Gasteiger partial charge in [0.25, 0.3) is 0 Å². The van der Waals surface area contributed by atoms with Crippen LogP contribution in [-0.4, -0.2) is 32.8 Å². The first kappa shape index (κ1) is 16.9. The highest BCUT2D eigenvalue weighted by Gasteiger charge is 2.25. The highest BCUT2D eigenvalue weighted by molar-refractivity contribution is 7.99. The number of pyridine rings is 1. The van der Waals surface area contributed by atoms with Gasteiger partial charge in [-0.05, 0) is 70.1 Å². The van der Waals surface area contributed by atoms with Gasteiger partial charge in [0, 0.05) is 18.2 Å². The van der Waals surface area contributed by atoms with E-state index in [4.69, 9.17) is 0 Å². The number of hydrogen-bond acceptors (Lipinski definition) is 6. The fraction of sp³-hybridized carbons (Fsp3) is 0.529. The molecule has 3 heterocycles. The van der Waals surface area contributed by atoms with E-state index < -0.39 is 0 Å². The van der Waals surface area contributed by atoms with Crippen LogP contribution in [0.1, 0.15) is 55.6 Å². The number of nitriles is 1. The van der Waals surface area contributed by atoms with Crippen molar-refractivity contribution in [1.29, 1.82) is 5.26 Å². The Kier molecular flexibility index (Phi) is 5.17. The number of rotatable bonds is 4. The van der Waals surface area contributed by atoms with Crippen molar-refractivity contribution in [3.8, 4) is 6.07 Å². The summed E-state index contributed by atoms with van der Waals surface area (Å²) in [6, 6.07) is 4.38. The maximum atomic E-state index is 9.41. The largest absolute Gasteiger partial charge is 0.317 e. The third kappa shape index (κ3) is 3.30. The van der Waals surface area contributed by atoms with Gasteiger partial charge in [-0.25, -0.2) is 4.98 Å². The summed E-state index contributed by atoms with van der Waals surface area (Å²) in [6.45, 7) is 8.27. The zero-order valence-corrected chi connectivity index (χ0v) is 15.1. The highest BCUT2D eigenvalue weighted by atomic mass is 32.2. The van der Waals surface area contributed by atoms with Crippen molar-refractivity contribution in [2.24, 2.45) is 0 Å². The lowest BCUT2D eigenvalue weighted by atomic mass is 9.97. The molecule has 0 saturated carbocycles. The second-order valence-electron chi connectivity index (χ2n) is 6.35. The van der Waals surface area contributed by atoms with E-state index in [2.05, 4.69) is 45.0 Å². The van der Waals surface area contributed by atoms with Gasteiger partial charge in [-0.3, -0.25) is 0 Å². The van der Waals surface area contributed by atoms with Gasteiger partial charge >= 0.3 is 0 Å². The Bertz CT molecular complexity index is 755. The molecule has 6 nitrogen and oxygen atoms in total. The van der Waals surface area contributed by atoms with Gasteiger partial charge in [-0.2, -0.15) is 5.26 Å². The second-order valence-corrected chi connectivity index (χ2v) is 7.31. The number of aryl methyl sites for hydroxylation is 1. The van der Waals surface area contributed by atoms with Gasteiger partial charge < -0.3 is 9.88 Å². The van der Waals surface area contributed by atoms with Crippen LogP contribution in [0.25, 0.3) is 0 Å². The minimum atomic E-state index is 0.266. The van der Waals surface area contributed by atoms with E-state index >= 15 is 0 Å². The Morgan fingerprint density at radius 2 is 2.08 bits per heavy atom. The molecular weight excluding hydrogens is 320 g/mol. The van der Waals surface area contributed by atoms with Gasteiger partial charge in [-0.1, -0.05) is 0 Å². The van der Waals surface area contributed by atoms with Crippen molar-refractivity contribution in [3.63, 3.8) is 0 Å². The lowest BCUT2D eigenvalue weighted by Crippen LogP contribution is -2.28. The average Bonchev–Trinajstić information content (AvgIpc) is 3.00. The van der Waals surface area contributed by atoms with Crippen molar-refractivity contribution >= 4 is 11.8 Å². The number of piperidine rings is 1. The number of hydrogen-bond donors (Lipinski definition) is 1. The van der Waals surface area contributed by atoms with Crippen molar-refractivity contribution in [3.05, 3.63) is 29.2 Å². The standard InChI is InChI=1S/C17H22N6S/c1-11(2)23-15(13-5-7-19-8-6-13)21-22-17(23)24-16-14(10-18)12(3)4-9-20-16/h4,9,11,13,19H,5-8H2,1-3H3. The van der Waals surface area contributed by atoms with Crippen LogP contribution in [-0.2, 0) is 0 Å². The van der Waals surface area contributed by atoms with Crippen LogP contribution in [0.15, 0.2) is 22.4 Å². The molecule has 2 aromatic heterocycles. The normalized spacial score (nSPS) is 15.6. The van der Waals surface area contributed by atoms with Gasteiger partial charge in [0.1, 0.15) is 16.9 Å². The molecule has 24 heavy (non-hydrogen) atoms. The number of nitrogens with zero attached hydrogens (tertiary/aromatic N) is 5. The Hall–Kier alpha value is -1.91. The van der Waals surface area contributed by atoms with E-state index in [-0.39, 0.29) is 6.04 Å². The maximum absolute atomic E-state index is 9.41. The van der Waals surface area contributed by atoms with E-state index in [1.165, 1.54) is 11.8 Å². The zero-order valence-electron chi connectivity index (χ0n) is 14.3. The average molecular weight is 342 g/mol. The summed E-state index contributed by atoms with van der Waals surface area (Å²) >= 11 is 1.43. The molecule has 0 amide bonds. The first-order chi connectivity index (χ1) is 11.6. The minimum Gasteiger partial charge on any atom is -0.317 e. The van der Waals surface area contributed by atoms with Crippen molar-refractivity contribution in [2.75, 3.05) is 13.1 Å². The van der Waals surface area contributed by atoms with Crippen LogP contribution < -0.4 is 5.32 Å². The van der Waals surface area contributed by atoms with Gasteiger partial charge in [-0.15, -0.1) is 10.2 Å². The summed E-state index contributed by atoms with van der Waals surface area (Å²) in [4.78, 5) is 4.38. The molecule has 0 radical (unpaired) electrons. The topological polar surface area (TPSA) is 79.4 Å². The van der Waals surface area contributed by atoms with Crippen LogP contribution in [0.3, 0.4) is 0 Å². The molecule has 0 aliphatic carbocycles. The molecule has 1 fully saturated rings. The summed E-state index contributed by atoms with van der Waals surface area (Å²) in [7, 11) is 0. The maximum Gasteiger partial charge on any atom is 0.197 e. The van der Waals surface area contributed by atoms with E-state index in [1.54, 1.807) is 6.20 Å². The molecule has 1 N–H and O–H groups in total. The molecule has 2 aromatic rings. The van der Waals surface area contributed by atoms with E-state index in [1.807, 2.05) is 13.0 Å². The minimum absolute atomic E-state index is 0.266. The summed E-state index contributed by atoms with van der Waals surface area (Å²) in [5, 5.41) is 23.2. The quantitative estimate of drug-likeness (QED) is 0.920. The third-order valence-electron chi connectivity index (χ3n) is 4.34. The van der Waals surface area contributed by atoms with Crippen molar-refractivity contribution in [1.82, 2.24) is 25.1 Å². The highest BCUT2D eigenvalue weighted by Crippen LogP contribution is 2.34. The second kappa shape index (κ2) is 7.32. The smallest absolute Gasteiger partial charge is 0.197 e. The molecule has 1 aliphatic heterocycles. The van der Waals surface area contributed by atoms with E-state index in [0.29, 0.717) is 16.5 Å². The fourth-order valence-corrected chi connectivity index (χ4v) is 4.11. The third-order valence-corrected chi connectivity index (χ3v) is 5.30. The van der Waals surface area contributed by atoms with Crippen molar-refractivity contribution < 1.29 is 0 Å². The van der Waals surface area contributed by atoms with Crippen LogP contribution in [0.2, 0.25) is 0 Å². The van der Waals surface area contributed by atoms with Crippen molar-refractivity contribution in [2.45, 2.75) is 55.8 Å². The molecule has 7 heteroatoms. The summed E-state index contributed by atoms with van der Waals surface area (Å²) < 4.78 is 2.20. The van der Waals surface area contributed by atoms with Crippen LogP contribution >= 0.6 is 11.8 Å². The Balaban J connectivity index is 1.96. The predicted molar refractivity (Wildman–Crippen MR) is 93.1 cm³/mol. The molecule has 0 unspecified atom stereocenters. The molecule has 0 aromatic carbocycles. The van der Waals surface area contributed by atoms with Crippen LogP contribution in [0, 0.1) is 18.3 Å². The van der Waals surface area contributed by atoms with Gasteiger partial charge in [0.05, 0.1) is 5.56 Å². The predicted octanol–water partition coefficient (Wildman–Crippen LogP) is 3.05. The van der Waals surface area contributed by atoms with E-state index in [0.717, 1.165) is 42.5 Å². The van der Waals surface area contributed by atoms with E-state index in [9.17, 15) is 5.26 Å².